The van der Waals surface area contributed by atoms with Gasteiger partial charge in [0, 0.05) is 18.1 Å². The first-order chi connectivity index (χ1) is 8.72. The molecule has 18 heavy (non-hydrogen) atoms. The van der Waals surface area contributed by atoms with Crippen molar-refractivity contribution in [2.75, 3.05) is 5.73 Å². The predicted octanol–water partition coefficient (Wildman–Crippen LogP) is 2.11. The van der Waals surface area contributed by atoms with E-state index in [0.29, 0.717) is 10.7 Å². The van der Waals surface area contributed by atoms with Crippen LogP contribution in [0.25, 0.3) is 10.2 Å². The first-order valence-electron chi connectivity index (χ1n) is 5.10. The number of fused-ring (bicyclic) bond motifs is 1. The fourth-order valence-corrected chi connectivity index (χ4v) is 3.45. The van der Waals surface area contributed by atoms with Gasteiger partial charge in [0.1, 0.15) is 0 Å². The number of benzene rings is 1. The molecule has 0 unspecified atom stereocenters. The minimum atomic E-state index is -0.207. The molecule has 0 aliphatic carbocycles. The molecular weight excluding hydrogens is 268 g/mol. The van der Waals surface area contributed by atoms with Crippen molar-refractivity contribution in [3.8, 4) is 0 Å². The molecule has 0 atom stereocenters. The van der Waals surface area contributed by atoms with Gasteiger partial charge in [-0.15, -0.1) is 11.3 Å². The number of nitrogens with zero attached hydrogens (tertiary/aromatic N) is 2. The zero-order valence-corrected chi connectivity index (χ0v) is 10.7. The second-order valence-corrected chi connectivity index (χ2v) is 5.80. The van der Waals surface area contributed by atoms with Crippen molar-refractivity contribution in [3.05, 3.63) is 40.9 Å². The van der Waals surface area contributed by atoms with E-state index in [2.05, 4.69) is 15.0 Å². The Balaban J connectivity index is 2.01. The third-order valence-corrected chi connectivity index (χ3v) is 4.31. The van der Waals surface area contributed by atoms with E-state index in [-0.39, 0.29) is 5.56 Å². The maximum absolute atomic E-state index is 11.5. The average Bonchev–Trinajstić information content (AvgIpc) is 2.73. The molecule has 2 aromatic heterocycles. The topological polar surface area (TPSA) is 84.7 Å². The number of aromatic amines is 1. The third kappa shape index (κ3) is 2.09. The van der Waals surface area contributed by atoms with E-state index >= 15 is 0 Å². The summed E-state index contributed by atoms with van der Waals surface area (Å²) in [6.07, 6.45) is 3.06. The van der Waals surface area contributed by atoms with Crippen LogP contribution in [0.3, 0.4) is 0 Å². The lowest BCUT2D eigenvalue weighted by Gasteiger charge is -1.92. The molecule has 0 amide bonds. The Bertz CT molecular complexity index is 765. The number of aromatic nitrogens is 3. The van der Waals surface area contributed by atoms with Crippen molar-refractivity contribution in [2.45, 2.75) is 9.37 Å². The minimum Gasteiger partial charge on any atom is -0.399 e. The highest BCUT2D eigenvalue weighted by atomic mass is 32.2. The highest BCUT2D eigenvalue weighted by Gasteiger charge is 2.09. The molecule has 2 heterocycles. The van der Waals surface area contributed by atoms with Gasteiger partial charge in [-0.05, 0) is 30.0 Å². The molecule has 1 aromatic carbocycles. The molecule has 0 radical (unpaired) electrons. The van der Waals surface area contributed by atoms with E-state index in [1.807, 2.05) is 18.2 Å². The molecule has 0 aliphatic heterocycles. The number of H-pyrrole nitrogens is 1. The second-order valence-electron chi connectivity index (χ2n) is 3.53. The number of thiazole rings is 1. The number of nitrogens with one attached hydrogen (secondary N) is 1. The molecule has 0 saturated carbocycles. The molecule has 3 rings (SSSR count). The van der Waals surface area contributed by atoms with E-state index < -0.39 is 0 Å². The zero-order valence-electron chi connectivity index (χ0n) is 9.08. The summed E-state index contributed by atoms with van der Waals surface area (Å²) in [6.45, 7) is 0. The largest absolute Gasteiger partial charge is 0.399 e. The Labute approximate surface area is 110 Å². The predicted molar refractivity (Wildman–Crippen MR) is 73.0 cm³/mol. The van der Waals surface area contributed by atoms with Crippen LogP contribution in [0.4, 0.5) is 5.69 Å². The van der Waals surface area contributed by atoms with Crippen molar-refractivity contribution in [3.63, 3.8) is 0 Å². The van der Waals surface area contributed by atoms with Gasteiger partial charge >= 0.3 is 0 Å². The molecule has 3 N–H and O–H groups in total. The van der Waals surface area contributed by atoms with Gasteiger partial charge in [0.2, 0.25) is 0 Å². The van der Waals surface area contributed by atoms with E-state index in [9.17, 15) is 4.79 Å². The molecular formula is C11H8N4OS2. The monoisotopic (exact) mass is 276 g/mol. The Kier molecular flexibility index (Phi) is 2.77. The van der Waals surface area contributed by atoms with Crippen molar-refractivity contribution >= 4 is 39.0 Å². The van der Waals surface area contributed by atoms with Gasteiger partial charge in [-0.1, -0.05) is 0 Å². The molecule has 5 nitrogen and oxygen atoms in total. The zero-order chi connectivity index (χ0) is 12.5. The Morgan fingerprint density at radius 3 is 3.11 bits per heavy atom. The van der Waals surface area contributed by atoms with E-state index in [4.69, 9.17) is 5.73 Å². The first-order valence-corrected chi connectivity index (χ1v) is 6.73. The summed E-state index contributed by atoms with van der Waals surface area (Å²) in [5.74, 6) is 0. The maximum atomic E-state index is 11.5. The number of nitrogen functional groups attached to an aromatic ring is 1. The number of hydrogen-bond donors (Lipinski definition) is 2. The lowest BCUT2D eigenvalue weighted by atomic mass is 10.3. The van der Waals surface area contributed by atoms with Crippen molar-refractivity contribution in [1.82, 2.24) is 15.0 Å². The van der Waals surface area contributed by atoms with Crippen LogP contribution < -0.4 is 11.3 Å². The van der Waals surface area contributed by atoms with Crippen LogP contribution in [0.2, 0.25) is 0 Å². The summed E-state index contributed by atoms with van der Waals surface area (Å²) in [4.78, 5) is 22.5. The fraction of sp³-hybridized carbons (Fsp3) is 0. The molecule has 0 bridgehead atoms. The lowest BCUT2D eigenvalue weighted by Crippen LogP contribution is -2.08. The number of anilines is 1. The highest BCUT2D eigenvalue weighted by molar-refractivity contribution is 8.01. The van der Waals surface area contributed by atoms with Crippen LogP contribution in [0.1, 0.15) is 0 Å². The number of hydrogen-bond acceptors (Lipinski definition) is 6. The molecule has 0 spiro atoms. The van der Waals surface area contributed by atoms with E-state index in [1.165, 1.54) is 29.3 Å². The standard InChI is InChI=1S/C11H8N4OS2/c12-6-1-2-7-8(5-6)17-11(15-7)18-10-9(16)13-3-4-14-10/h1-5H,12H2,(H,13,16). The van der Waals surface area contributed by atoms with Gasteiger partial charge in [-0.25, -0.2) is 9.97 Å². The van der Waals surface area contributed by atoms with Gasteiger partial charge in [0.25, 0.3) is 5.56 Å². The fourth-order valence-electron chi connectivity index (χ4n) is 1.46. The Morgan fingerprint density at radius 2 is 2.28 bits per heavy atom. The van der Waals surface area contributed by atoms with Crippen LogP contribution in [-0.2, 0) is 0 Å². The van der Waals surface area contributed by atoms with E-state index in [1.54, 1.807) is 6.20 Å². The summed E-state index contributed by atoms with van der Waals surface area (Å²) < 4.78 is 1.78. The normalized spacial score (nSPS) is 10.9. The van der Waals surface area contributed by atoms with Crippen molar-refractivity contribution in [2.24, 2.45) is 0 Å². The second kappa shape index (κ2) is 4.43. The molecule has 0 fully saturated rings. The van der Waals surface area contributed by atoms with Gasteiger partial charge in [0.15, 0.2) is 9.37 Å². The molecule has 3 aromatic rings. The molecule has 0 aliphatic rings. The third-order valence-electron chi connectivity index (χ3n) is 2.25. The molecule has 0 saturated heterocycles. The van der Waals surface area contributed by atoms with E-state index in [0.717, 1.165) is 14.6 Å². The van der Waals surface area contributed by atoms with Crippen molar-refractivity contribution in [1.29, 1.82) is 0 Å². The summed E-state index contributed by atoms with van der Waals surface area (Å²) in [5, 5.41) is 0.393. The first kappa shape index (κ1) is 11.2. The molecule has 90 valence electrons. The van der Waals surface area contributed by atoms with Gasteiger partial charge in [-0.2, -0.15) is 0 Å². The van der Waals surface area contributed by atoms with Crippen LogP contribution >= 0.6 is 23.1 Å². The summed E-state index contributed by atoms with van der Waals surface area (Å²) in [7, 11) is 0. The maximum Gasteiger partial charge on any atom is 0.280 e. The SMILES string of the molecule is Nc1ccc2nc(Sc3ncc[nH]c3=O)sc2c1. The highest BCUT2D eigenvalue weighted by Crippen LogP contribution is 2.32. The van der Waals surface area contributed by atoms with Gasteiger partial charge in [-0.3, -0.25) is 4.79 Å². The van der Waals surface area contributed by atoms with Crippen LogP contribution in [0, 0.1) is 0 Å². The Morgan fingerprint density at radius 1 is 1.39 bits per heavy atom. The van der Waals surface area contributed by atoms with Crippen LogP contribution in [-0.4, -0.2) is 15.0 Å². The quantitative estimate of drug-likeness (QED) is 0.700. The summed E-state index contributed by atoms with van der Waals surface area (Å²) >= 11 is 2.75. The van der Waals surface area contributed by atoms with Crippen molar-refractivity contribution < 1.29 is 0 Å². The van der Waals surface area contributed by atoms with Gasteiger partial charge < -0.3 is 10.7 Å². The Hall–Kier alpha value is -1.86. The summed E-state index contributed by atoms with van der Waals surface area (Å²) in [6, 6.07) is 5.55. The van der Waals surface area contributed by atoms with Gasteiger partial charge in [0.05, 0.1) is 10.2 Å². The van der Waals surface area contributed by atoms with Crippen LogP contribution in [0.15, 0.2) is 44.8 Å². The lowest BCUT2D eigenvalue weighted by molar-refractivity contribution is 0.996. The smallest absolute Gasteiger partial charge is 0.280 e. The summed E-state index contributed by atoms with van der Waals surface area (Å²) in [5.41, 5.74) is 7.09. The minimum absolute atomic E-state index is 0.207. The van der Waals surface area contributed by atoms with Crippen LogP contribution in [0.5, 0.6) is 0 Å². The molecule has 7 heteroatoms. The number of nitrogens with two attached hydrogens (primary N) is 1. The number of rotatable bonds is 2. The average molecular weight is 276 g/mol.